The van der Waals surface area contributed by atoms with Crippen LogP contribution in [0.5, 0.6) is 0 Å². The molecule has 0 aromatic rings. The second-order valence-corrected chi connectivity index (χ2v) is 5.33. The fourth-order valence-corrected chi connectivity index (χ4v) is 2.08. The number of ether oxygens (including phenoxy) is 3. The Balaban J connectivity index is 2.27. The zero-order valence-corrected chi connectivity index (χ0v) is 12.0. The molecule has 0 aromatic carbocycles. The average Bonchev–Trinajstić information content (AvgIpc) is 2.67. The van der Waals surface area contributed by atoms with Crippen LogP contribution in [0.4, 0.5) is 0 Å². The highest BCUT2D eigenvalue weighted by Gasteiger charge is 2.33. The van der Waals surface area contributed by atoms with E-state index in [1.807, 2.05) is 20.8 Å². The molecule has 2 unspecified atom stereocenters. The van der Waals surface area contributed by atoms with E-state index >= 15 is 0 Å². The molecule has 1 saturated heterocycles. The topological polar surface area (TPSA) is 44.8 Å². The number of rotatable bonds is 7. The van der Waals surface area contributed by atoms with E-state index in [0.29, 0.717) is 13.2 Å². The summed E-state index contributed by atoms with van der Waals surface area (Å²) >= 11 is 0. The van der Waals surface area contributed by atoms with Crippen LogP contribution in [0.2, 0.25) is 0 Å². The molecule has 4 heteroatoms. The Labute approximate surface area is 110 Å². The molecule has 0 amide bonds. The summed E-state index contributed by atoms with van der Waals surface area (Å²) in [5, 5.41) is 0. The van der Waals surface area contributed by atoms with Gasteiger partial charge in [-0.05, 0) is 26.7 Å². The predicted molar refractivity (Wildman–Crippen MR) is 69.2 cm³/mol. The Hall–Kier alpha value is -0.610. The summed E-state index contributed by atoms with van der Waals surface area (Å²) in [4.78, 5) is 11.9. The molecule has 0 N–H and O–H groups in total. The molecular formula is C14H26O4. The van der Waals surface area contributed by atoms with Gasteiger partial charge in [0.2, 0.25) is 0 Å². The van der Waals surface area contributed by atoms with Crippen LogP contribution in [0.15, 0.2) is 0 Å². The van der Waals surface area contributed by atoms with Gasteiger partial charge in [-0.1, -0.05) is 26.7 Å². The Morgan fingerprint density at radius 2 is 2.17 bits per heavy atom. The van der Waals surface area contributed by atoms with Gasteiger partial charge in [0.1, 0.15) is 12.7 Å². The largest absolute Gasteiger partial charge is 0.463 e. The quantitative estimate of drug-likeness (QED) is 0.659. The molecular weight excluding hydrogens is 232 g/mol. The molecule has 1 rings (SSSR count). The lowest BCUT2D eigenvalue weighted by molar-refractivity contribution is -0.161. The lowest BCUT2D eigenvalue weighted by atomic mass is 10.00. The molecule has 1 heterocycles. The molecule has 1 fully saturated rings. The fourth-order valence-electron chi connectivity index (χ4n) is 2.08. The molecule has 18 heavy (non-hydrogen) atoms. The fraction of sp³-hybridized carbons (Fsp3) is 0.929. The minimum absolute atomic E-state index is 0.0280. The maximum Gasteiger partial charge on any atom is 0.309 e. The molecule has 0 aromatic heterocycles. The molecule has 2 atom stereocenters. The Kier molecular flexibility index (Phi) is 6.09. The minimum atomic E-state index is -0.552. The Morgan fingerprint density at radius 3 is 2.67 bits per heavy atom. The van der Waals surface area contributed by atoms with Crippen molar-refractivity contribution in [2.45, 2.75) is 65.3 Å². The molecule has 0 aliphatic carbocycles. The van der Waals surface area contributed by atoms with Crippen LogP contribution in [0, 0.1) is 5.92 Å². The third kappa shape index (κ3) is 4.94. The van der Waals surface area contributed by atoms with E-state index in [9.17, 15) is 4.79 Å². The van der Waals surface area contributed by atoms with E-state index in [4.69, 9.17) is 14.2 Å². The molecule has 1 aliphatic rings. The molecule has 0 saturated carbocycles. The van der Waals surface area contributed by atoms with Crippen LogP contribution >= 0.6 is 0 Å². The van der Waals surface area contributed by atoms with Crippen LogP contribution in [-0.4, -0.2) is 31.1 Å². The maximum atomic E-state index is 11.9. The predicted octanol–water partition coefficient (Wildman–Crippen LogP) is 2.90. The SMILES string of the molecule is CCCCC(CC)C(=O)OCC1COC(C)(C)O1. The third-order valence-electron chi connectivity index (χ3n) is 3.21. The number of carbonyl (C=O) groups excluding carboxylic acids is 1. The van der Waals surface area contributed by atoms with Gasteiger partial charge >= 0.3 is 5.97 Å². The van der Waals surface area contributed by atoms with Gasteiger partial charge in [0.25, 0.3) is 0 Å². The number of carbonyl (C=O) groups is 1. The van der Waals surface area contributed by atoms with Crippen molar-refractivity contribution in [3.63, 3.8) is 0 Å². The van der Waals surface area contributed by atoms with Crippen molar-refractivity contribution in [2.75, 3.05) is 13.2 Å². The van der Waals surface area contributed by atoms with Crippen LogP contribution in [0.25, 0.3) is 0 Å². The van der Waals surface area contributed by atoms with Crippen molar-refractivity contribution < 1.29 is 19.0 Å². The highest BCUT2D eigenvalue weighted by atomic mass is 16.7. The van der Waals surface area contributed by atoms with Gasteiger partial charge in [0.05, 0.1) is 12.5 Å². The normalized spacial score (nSPS) is 23.9. The molecule has 1 aliphatic heterocycles. The minimum Gasteiger partial charge on any atom is -0.463 e. The van der Waals surface area contributed by atoms with E-state index in [1.165, 1.54) is 0 Å². The third-order valence-corrected chi connectivity index (χ3v) is 3.21. The lowest BCUT2D eigenvalue weighted by Crippen LogP contribution is -2.27. The van der Waals surface area contributed by atoms with Gasteiger partial charge < -0.3 is 14.2 Å². The molecule has 106 valence electrons. The van der Waals surface area contributed by atoms with Crippen molar-refractivity contribution in [2.24, 2.45) is 5.92 Å². The smallest absolute Gasteiger partial charge is 0.309 e. The first-order chi connectivity index (χ1) is 8.48. The van der Waals surface area contributed by atoms with Crippen LogP contribution < -0.4 is 0 Å². The van der Waals surface area contributed by atoms with Gasteiger partial charge in [-0.2, -0.15) is 0 Å². The van der Waals surface area contributed by atoms with Gasteiger partial charge in [-0.3, -0.25) is 4.79 Å². The van der Waals surface area contributed by atoms with Gasteiger partial charge in [0, 0.05) is 0 Å². The Bertz CT molecular complexity index is 263. The summed E-state index contributed by atoms with van der Waals surface area (Å²) in [7, 11) is 0. The second-order valence-electron chi connectivity index (χ2n) is 5.33. The summed E-state index contributed by atoms with van der Waals surface area (Å²) < 4.78 is 16.3. The monoisotopic (exact) mass is 258 g/mol. The van der Waals surface area contributed by atoms with Crippen molar-refractivity contribution in [1.29, 1.82) is 0 Å². The summed E-state index contributed by atoms with van der Waals surface area (Å²) in [5.74, 6) is -0.622. The highest BCUT2D eigenvalue weighted by Crippen LogP contribution is 2.23. The average molecular weight is 258 g/mol. The van der Waals surface area contributed by atoms with Crippen molar-refractivity contribution in [3.8, 4) is 0 Å². The van der Waals surface area contributed by atoms with Crippen molar-refractivity contribution in [3.05, 3.63) is 0 Å². The van der Waals surface area contributed by atoms with Gasteiger partial charge in [0.15, 0.2) is 5.79 Å². The van der Waals surface area contributed by atoms with Crippen LogP contribution in [0.3, 0.4) is 0 Å². The zero-order valence-electron chi connectivity index (χ0n) is 12.0. The van der Waals surface area contributed by atoms with Crippen LogP contribution in [0.1, 0.15) is 53.4 Å². The summed E-state index contributed by atoms with van der Waals surface area (Å²) in [6.07, 6.45) is 3.81. The molecule has 0 radical (unpaired) electrons. The molecule has 4 nitrogen and oxygen atoms in total. The first-order valence-electron chi connectivity index (χ1n) is 6.97. The van der Waals surface area contributed by atoms with E-state index in [1.54, 1.807) is 0 Å². The summed E-state index contributed by atoms with van der Waals surface area (Å²) in [6, 6.07) is 0. The first kappa shape index (κ1) is 15.4. The van der Waals surface area contributed by atoms with Gasteiger partial charge in [-0.25, -0.2) is 0 Å². The van der Waals surface area contributed by atoms with Crippen LogP contribution in [-0.2, 0) is 19.0 Å². The standard InChI is InChI=1S/C14H26O4/c1-5-7-8-11(6-2)13(15)16-9-12-10-17-14(3,4)18-12/h11-12H,5-10H2,1-4H3. The summed E-state index contributed by atoms with van der Waals surface area (Å²) in [5.41, 5.74) is 0. The summed E-state index contributed by atoms with van der Waals surface area (Å²) in [6.45, 7) is 8.68. The van der Waals surface area contributed by atoms with Gasteiger partial charge in [-0.15, -0.1) is 0 Å². The van der Waals surface area contributed by atoms with Crippen molar-refractivity contribution in [1.82, 2.24) is 0 Å². The number of unbranched alkanes of at least 4 members (excludes halogenated alkanes) is 1. The van der Waals surface area contributed by atoms with E-state index in [-0.39, 0.29) is 18.0 Å². The first-order valence-corrected chi connectivity index (χ1v) is 6.97. The second kappa shape index (κ2) is 7.10. The lowest BCUT2D eigenvalue weighted by Gasteiger charge is -2.18. The molecule has 0 bridgehead atoms. The van der Waals surface area contributed by atoms with E-state index < -0.39 is 5.79 Å². The maximum absolute atomic E-state index is 11.9. The number of hydrogen-bond donors (Lipinski definition) is 0. The van der Waals surface area contributed by atoms with E-state index in [2.05, 4.69) is 6.92 Å². The molecule has 0 spiro atoms. The number of hydrogen-bond acceptors (Lipinski definition) is 4. The number of esters is 1. The van der Waals surface area contributed by atoms with Crippen molar-refractivity contribution >= 4 is 5.97 Å². The zero-order chi connectivity index (χ0) is 13.6. The Morgan fingerprint density at radius 1 is 1.44 bits per heavy atom. The van der Waals surface area contributed by atoms with E-state index in [0.717, 1.165) is 25.7 Å². The highest BCUT2D eigenvalue weighted by molar-refractivity contribution is 5.72.